The Morgan fingerprint density at radius 1 is 1.57 bits per heavy atom. The standard InChI is InChI=1S/C10H13FINO/c1-7(14)4-5-13-10-3-2-8(11)6-9(10)12/h2-3,6-7,13-14H,4-5H2,1H3. The fourth-order valence-corrected chi connectivity index (χ4v) is 1.72. The number of halogens is 2. The van der Waals surface area contributed by atoms with Crippen molar-refractivity contribution in [3.63, 3.8) is 0 Å². The Balaban J connectivity index is 2.51. The highest BCUT2D eigenvalue weighted by atomic mass is 127. The zero-order valence-corrected chi connectivity index (χ0v) is 10.1. The Hall–Kier alpha value is -0.360. The summed E-state index contributed by atoms with van der Waals surface area (Å²) < 4.78 is 13.6. The lowest BCUT2D eigenvalue weighted by molar-refractivity contribution is 0.189. The molecule has 1 atom stereocenters. The zero-order valence-electron chi connectivity index (χ0n) is 7.93. The Labute approximate surface area is 96.7 Å². The van der Waals surface area contributed by atoms with E-state index in [2.05, 4.69) is 27.9 Å². The molecule has 0 saturated carbocycles. The Kier molecular flexibility index (Phi) is 4.60. The average molecular weight is 309 g/mol. The third kappa shape index (κ3) is 3.79. The molecule has 0 heterocycles. The van der Waals surface area contributed by atoms with Gasteiger partial charge in [0.05, 0.1) is 6.10 Å². The van der Waals surface area contributed by atoms with E-state index in [1.165, 1.54) is 12.1 Å². The average Bonchev–Trinajstić information content (AvgIpc) is 2.08. The third-order valence-corrected chi connectivity index (χ3v) is 2.70. The number of hydrogen-bond donors (Lipinski definition) is 2. The van der Waals surface area contributed by atoms with E-state index in [1.54, 1.807) is 13.0 Å². The van der Waals surface area contributed by atoms with Crippen molar-refractivity contribution in [2.24, 2.45) is 0 Å². The summed E-state index contributed by atoms with van der Waals surface area (Å²) in [7, 11) is 0. The molecule has 1 rings (SSSR count). The van der Waals surface area contributed by atoms with Crippen molar-refractivity contribution in [2.75, 3.05) is 11.9 Å². The second-order valence-electron chi connectivity index (χ2n) is 3.19. The molecule has 0 spiro atoms. The van der Waals surface area contributed by atoms with Gasteiger partial charge in [-0.2, -0.15) is 0 Å². The molecule has 0 amide bonds. The maximum atomic E-state index is 12.7. The highest BCUT2D eigenvalue weighted by molar-refractivity contribution is 14.1. The second kappa shape index (κ2) is 5.50. The van der Waals surface area contributed by atoms with E-state index in [0.717, 1.165) is 9.26 Å². The molecule has 1 aromatic rings. The maximum Gasteiger partial charge on any atom is 0.124 e. The van der Waals surface area contributed by atoms with Gasteiger partial charge < -0.3 is 10.4 Å². The minimum Gasteiger partial charge on any atom is -0.393 e. The normalized spacial score (nSPS) is 12.6. The topological polar surface area (TPSA) is 32.3 Å². The quantitative estimate of drug-likeness (QED) is 0.838. The van der Waals surface area contributed by atoms with Crippen LogP contribution in [0.1, 0.15) is 13.3 Å². The summed E-state index contributed by atoms with van der Waals surface area (Å²) in [6, 6.07) is 4.61. The van der Waals surface area contributed by atoms with Gasteiger partial charge in [0.25, 0.3) is 0 Å². The van der Waals surface area contributed by atoms with E-state index in [4.69, 9.17) is 5.11 Å². The van der Waals surface area contributed by atoms with Crippen LogP contribution in [0.3, 0.4) is 0 Å². The van der Waals surface area contributed by atoms with Gasteiger partial charge >= 0.3 is 0 Å². The number of rotatable bonds is 4. The van der Waals surface area contributed by atoms with E-state index in [1.807, 2.05) is 0 Å². The maximum absolute atomic E-state index is 12.7. The number of hydrogen-bond acceptors (Lipinski definition) is 2. The summed E-state index contributed by atoms with van der Waals surface area (Å²) in [4.78, 5) is 0. The van der Waals surface area contributed by atoms with Crippen molar-refractivity contribution in [2.45, 2.75) is 19.4 Å². The van der Waals surface area contributed by atoms with Gasteiger partial charge in [0.15, 0.2) is 0 Å². The van der Waals surface area contributed by atoms with Crippen molar-refractivity contribution < 1.29 is 9.50 Å². The third-order valence-electron chi connectivity index (χ3n) is 1.81. The fraction of sp³-hybridized carbons (Fsp3) is 0.400. The summed E-state index contributed by atoms with van der Waals surface area (Å²) in [6.45, 7) is 2.44. The van der Waals surface area contributed by atoms with Crippen molar-refractivity contribution in [3.8, 4) is 0 Å². The highest BCUT2D eigenvalue weighted by Crippen LogP contribution is 2.18. The molecule has 78 valence electrons. The van der Waals surface area contributed by atoms with Gasteiger partial charge in [-0.1, -0.05) is 0 Å². The van der Waals surface area contributed by atoms with E-state index >= 15 is 0 Å². The van der Waals surface area contributed by atoms with Gasteiger partial charge in [-0.05, 0) is 54.1 Å². The van der Waals surface area contributed by atoms with Crippen LogP contribution in [-0.4, -0.2) is 17.8 Å². The van der Waals surface area contributed by atoms with E-state index < -0.39 is 0 Å². The number of nitrogens with one attached hydrogen (secondary N) is 1. The SMILES string of the molecule is CC(O)CCNc1ccc(F)cc1I. The molecule has 1 unspecified atom stereocenters. The highest BCUT2D eigenvalue weighted by Gasteiger charge is 2.01. The van der Waals surface area contributed by atoms with Crippen LogP contribution in [0.4, 0.5) is 10.1 Å². The minimum absolute atomic E-state index is 0.226. The molecule has 0 aromatic heterocycles. The summed E-state index contributed by atoms with van der Waals surface area (Å²) in [5.41, 5.74) is 0.910. The van der Waals surface area contributed by atoms with Crippen LogP contribution in [-0.2, 0) is 0 Å². The Morgan fingerprint density at radius 2 is 2.29 bits per heavy atom. The largest absolute Gasteiger partial charge is 0.393 e. The molecular formula is C10H13FINO. The van der Waals surface area contributed by atoms with Crippen molar-refractivity contribution in [1.29, 1.82) is 0 Å². The van der Waals surface area contributed by atoms with E-state index in [0.29, 0.717) is 13.0 Å². The molecule has 0 aliphatic rings. The molecule has 1 aromatic carbocycles. The lowest BCUT2D eigenvalue weighted by Crippen LogP contribution is -2.10. The van der Waals surface area contributed by atoms with Gasteiger partial charge in [-0.3, -0.25) is 0 Å². The van der Waals surface area contributed by atoms with Crippen LogP contribution < -0.4 is 5.32 Å². The summed E-state index contributed by atoms with van der Waals surface area (Å²) >= 11 is 2.08. The minimum atomic E-state index is -0.305. The molecule has 2 N–H and O–H groups in total. The number of aliphatic hydroxyl groups excluding tert-OH is 1. The smallest absolute Gasteiger partial charge is 0.124 e. The van der Waals surface area contributed by atoms with Crippen LogP contribution >= 0.6 is 22.6 Å². The predicted octanol–water partition coefficient (Wildman–Crippen LogP) is 2.61. The molecule has 0 aliphatic carbocycles. The Bertz CT molecular complexity index is 304. The molecular weight excluding hydrogens is 296 g/mol. The molecule has 14 heavy (non-hydrogen) atoms. The zero-order chi connectivity index (χ0) is 10.6. The molecule has 0 saturated heterocycles. The number of benzene rings is 1. The van der Waals surface area contributed by atoms with Gasteiger partial charge in [0.2, 0.25) is 0 Å². The molecule has 2 nitrogen and oxygen atoms in total. The van der Waals surface area contributed by atoms with E-state index in [-0.39, 0.29) is 11.9 Å². The van der Waals surface area contributed by atoms with Gasteiger partial charge in [-0.25, -0.2) is 4.39 Å². The van der Waals surface area contributed by atoms with Crippen molar-refractivity contribution in [1.82, 2.24) is 0 Å². The summed E-state index contributed by atoms with van der Waals surface area (Å²) in [5.74, 6) is -0.226. The first-order valence-electron chi connectivity index (χ1n) is 4.46. The molecule has 0 fully saturated rings. The molecule has 0 radical (unpaired) electrons. The first-order valence-corrected chi connectivity index (χ1v) is 5.54. The molecule has 0 aliphatic heterocycles. The summed E-state index contributed by atoms with van der Waals surface area (Å²) in [5, 5.41) is 12.2. The second-order valence-corrected chi connectivity index (χ2v) is 4.35. The lowest BCUT2D eigenvalue weighted by atomic mass is 10.2. The van der Waals surface area contributed by atoms with Crippen LogP contribution in [0, 0.1) is 9.39 Å². The number of anilines is 1. The van der Waals surface area contributed by atoms with Gasteiger partial charge in [0, 0.05) is 15.8 Å². The van der Waals surface area contributed by atoms with Crippen LogP contribution in [0.5, 0.6) is 0 Å². The van der Waals surface area contributed by atoms with Crippen molar-refractivity contribution >= 4 is 28.3 Å². The van der Waals surface area contributed by atoms with Crippen LogP contribution in [0.2, 0.25) is 0 Å². The summed E-state index contributed by atoms with van der Waals surface area (Å²) in [6.07, 6.45) is 0.383. The lowest BCUT2D eigenvalue weighted by Gasteiger charge is -2.09. The number of aliphatic hydroxyl groups is 1. The predicted molar refractivity (Wildman–Crippen MR) is 63.9 cm³/mol. The van der Waals surface area contributed by atoms with Gasteiger partial charge in [-0.15, -0.1) is 0 Å². The van der Waals surface area contributed by atoms with Crippen LogP contribution in [0.15, 0.2) is 18.2 Å². The van der Waals surface area contributed by atoms with E-state index in [9.17, 15) is 4.39 Å². The first-order chi connectivity index (χ1) is 6.59. The van der Waals surface area contributed by atoms with Crippen molar-refractivity contribution in [3.05, 3.63) is 27.6 Å². The fourth-order valence-electron chi connectivity index (χ4n) is 1.05. The van der Waals surface area contributed by atoms with Gasteiger partial charge in [0.1, 0.15) is 5.82 Å². The van der Waals surface area contributed by atoms with Crippen LogP contribution in [0.25, 0.3) is 0 Å². The first kappa shape index (κ1) is 11.7. The molecule has 0 bridgehead atoms. The monoisotopic (exact) mass is 309 g/mol. The molecule has 4 heteroatoms. The Morgan fingerprint density at radius 3 is 2.86 bits per heavy atom.